The second-order valence-electron chi connectivity index (χ2n) is 5.65. The summed E-state index contributed by atoms with van der Waals surface area (Å²) in [6.45, 7) is 2.77. The van der Waals surface area contributed by atoms with Crippen LogP contribution in [0.1, 0.15) is 11.4 Å². The molecule has 2 heterocycles. The Labute approximate surface area is 130 Å². The van der Waals surface area contributed by atoms with Crippen molar-refractivity contribution in [1.82, 2.24) is 14.5 Å². The summed E-state index contributed by atoms with van der Waals surface area (Å²) in [5.74, 6) is 0.953. The minimum absolute atomic E-state index is 0.734. The van der Waals surface area contributed by atoms with Crippen molar-refractivity contribution in [2.45, 2.75) is 13.5 Å². The van der Waals surface area contributed by atoms with E-state index in [1.807, 2.05) is 45.4 Å². The van der Waals surface area contributed by atoms with Gasteiger partial charge in [-0.25, -0.2) is 4.98 Å². The first kappa shape index (κ1) is 14.4. The molecule has 0 spiro atoms. The molecular formula is C17H21N5. The molecule has 0 fully saturated rings. The second kappa shape index (κ2) is 5.67. The van der Waals surface area contributed by atoms with E-state index in [1.54, 1.807) is 0 Å². The number of imidazole rings is 1. The molecule has 0 aliphatic heterocycles. The van der Waals surface area contributed by atoms with Crippen molar-refractivity contribution in [3.8, 4) is 0 Å². The van der Waals surface area contributed by atoms with Gasteiger partial charge in [0.05, 0.1) is 18.4 Å². The van der Waals surface area contributed by atoms with Crippen molar-refractivity contribution in [3.05, 3.63) is 48.0 Å². The summed E-state index contributed by atoms with van der Waals surface area (Å²) in [7, 11) is 6.04. The molecule has 0 saturated carbocycles. The lowest BCUT2D eigenvalue weighted by atomic mass is 10.1. The predicted octanol–water partition coefficient (Wildman–Crippen LogP) is 2.95. The molecule has 0 bridgehead atoms. The van der Waals surface area contributed by atoms with Gasteiger partial charge in [0.25, 0.3) is 0 Å². The Balaban J connectivity index is 1.87. The quantitative estimate of drug-likeness (QED) is 0.804. The molecule has 3 rings (SSSR count). The van der Waals surface area contributed by atoms with Gasteiger partial charge >= 0.3 is 0 Å². The summed E-state index contributed by atoms with van der Waals surface area (Å²) in [6, 6.07) is 8.33. The van der Waals surface area contributed by atoms with Crippen molar-refractivity contribution < 1.29 is 0 Å². The first-order valence-corrected chi connectivity index (χ1v) is 7.34. The highest BCUT2D eigenvalue weighted by Crippen LogP contribution is 2.25. The van der Waals surface area contributed by atoms with E-state index in [1.165, 1.54) is 10.8 Å². The lowest BCUT2D eigenvalue weighted by Crippen LogP contribution is -2.15. The average Bonchev–Trinajstić information content (AvgIpc) is 2.87. The van der Waals surface area contributed by atoms with E-state index in [-0.39, 0.29) is 0 Å². The van der Waals surface area contributed by atoms with Gasteiger partial charge in [0, 0.05) is 49.5 Å². The van der Waals surface area contributed by atoms with Gasteiger partial charge in [-0.05, 0) is 19.1 Å². The largest absolute Gasteiger partial charge is 0.379 e. The molecule has 0 aliphatic carbocycles. The smallest absolute Gasteiger partial charge is 0.204 e. The van der Waals surface area contributed by atoms with E-state index in [0.29, 0.717) is 0 Å². The zero-order valence-electron chi connectivity index (χ0n) is 13.5. The molecule has 22 heavy (non-hydrogen) atoms. The maximum absolute atomic E-state index is 4.44. The van der Waals surface area contributed by atoms with Gasteiger partial charge in [0.1, 0.15) is 0 Å². The fourth-order valence-electron chi connectivity index (χ4n) is 2.71. The zero-order chi connectivity index (χ0) is 15.7. The van der Waals surface area contributed by atoms with Gasteiger partial charge in [-0.3, -0.25) is 4.98 Å². The summed E-state index contributed by atoms with van der Waals surface area (Å²) in [5, 5.41) is 5.90. The van der Waals surface area contributed by atoms with E-state index in [9.17, 15) is 0 Å². The van der Waals surface area contributed by atoms with Crippen LogP contribution in [0.5, 0.6) is 0 Å². The number of nitrogens with zero attached hydrogens (tertiary/aromatic N) is 4. The molecule has 1 aromatic carbocycles. The van der Waals surface area contributed by atoms with Crippen molar-refractivity contribution >= 4 is 22.4 Å². The van der Waals surface area contributed by atoms with Gasteiger partial charge < -0.3 is 14.8 Å². The fraction of sp³-hybridized carbons (Fsp3) is 0.294. The van der Waals surface area contributed by atoms with Gasteiger partial charge in [-0.2, -0.15) is 0 Å². The topological polar surface area (TPSA) is 46.0 Å². The van der Waals surface area contributed by atoms with Gasteiger partial charge in [-0.1, -0.05) is 12.1 Å². The highest BCUT2D eigenvalue weighted by atomic mass is 15.3. The molecule has 0 atom stereocenters. The standard InChI is InChI=1S/C17H21N5/c1-12-14-6-5-7-16(15(14)8-9-18-12)19-10-13-11-20-17(21(2)3)22(13)4/h5-9,11,19H,10H2,1-4H3. The van der Waals surface area contributed by atoms with E-state index >= 15 is 0 Å². The number of aromatic nitrogens is 3. The van der Waals surface area contributed by atoms with Crippen LogP contribution in [0.25, 0.3) is 10.8 Å². The lowest BCUT2D eigenvalue weighted by molar-refractivity contribution is 0.814. The Hall–Kier alpha value is -2.56. The monoisotopic (exact) mass is 295 g/mol. The number of nitrogens with one attached hydrogen (secondary N) is 1. The summed E-state index contributed by atoms with van der Waals surface area (Å²) in [5.41, 5.74) is 3.32. The third kappa shape index (κ3) is 2.50. The van der Waals surface area contributed by atoms with Crippen molar-refractivity contribution in [2.75, 3.05) is 24.3 Å². The van der Waals surface area contributed by atoms with Crippen LogP contribution >= 0.6 is 0 Å². The van der Waals surface area contributed by atoms with E-state index in [0.717, 1.165) is 29.6 Å². The zero-order valence-corrected chi connectivity index (χ0v) is 13.5. The molecule has 1 N–H and O–H groups in total. The fourth-order valence-corrected chi connectivity index (χ4v) is 2.71. The lowest BCUT2D eigenvalue weighted by Gasteiger charge is -2.14. The van der Waals surface area contributed by atoms with Gasteiger partial charge in [-0.15, -0.1) is 0 Å². The normalized spacial score (nSPS) is 10.9. The van der Waals surface area contributed by atoms with Crippen LogP contribution < -0.4 is 10.2 Å². The van der Waals surface area contributed by atoms with Crippen LogP contribution in [-0.2, 0) is 13.6 Å². The minimum Gasteiger partial charge on any atom is -0.379 e. The summed E-state index contributed by atoms with van der Waals surface area (Å²) < 4.78 is 2.10. The van der Waals surface area contributed by atoms with Crippen molar-refractivity contribution in [3.63, 3.8) is 0 Å². The number of rotatable bonds is 4. The van der Waals surface area contributed by atoms with Crippen molar-refractivity contribution in [2.24, 2.45) is 7.05 Å². The Bertz CT molecular complexity index is 804. The van der Waals surface area contributed by atoms with Crippen LogP contribution in [0.3, 0.4) is 0 Å². The molecule has 0 radical (unpaired) electrons. The number of pyridine rings is 1. The number of hydrogen-bond donors (Lipinski definition) is 1. The molecular weight excluding hydrogens is 274 g/mol. The molecule has 5 heteroatoms. The van der Waals surface area contributed by atoms with Gasteiger partial charge in [0.2, 0.25) is 5.95 Å². The minimum atomic E-state index is 0.734. The number of benzene rings is 1. The number of fused-ring (bicyclic) bond motifs is 1. The van der Waals surface area contributed by atoms with Crippen LogP contribution in [0.2, 0.25) is 0 Å². The maximum atomic E-state index is 4.44. The highest BCUT2D eigenvalue weighted by molar-refractivity contribution is 5.94. The molecule has 2 aromatic heterocycles. The van der Waals surface area contributed by atoms with Crippen molar-refractivity contribution in [1.29, 1.82) is 0 Å². The van der Waals surface area contributed by atoms with E-state index in [4.69, 9.17) is 0 Å². The predicted molar refractivity (Wildman–Crippen MR) is 91.3 cm³/mol. The number of hydrogen-bond acceptors (Lipinski definition) is 4. The Morgan fingerprint density at radius 1 is 1.14 bits per heavy atom. The Morgan fingerprint density at radius 3 is 2.68 bits per heavy atom. The van der Waals surface area contributed by atoms with Crippen LogP contribution in [0.4, 0.5) is 11.6 Å². The Kier molecular flexibility index (Phi) is 3.71. The maximum Gasteiger partial charge on any atom is 0.204 e. The molecule has 0 unspecified atom stereocenters. The number of aryl methyl sites for hydroxylation is 1. The third-order valence-electron chi connectivity index (χ3n) is 3.93. The molecule has 3 aromatic rings. The molecule has 114 valence electrons. The van der Waals surface area contributed by atoms with Crippen LogP contribution in [0, 0.1) is 6.92 Å². The molecule has 0 amide bonds. The highest BCUT2D eigenvalue weighted by Gasteiger charge is 2.09. The first-order chi connectivity index (χ1) is 10.6. The SMILES string of the molecule is Cc1nccc2c(NCc3cnc(N(C)C)n3C)cccc12. The second-order valence-corrected chi connectivity index (χ2v) is 5.65. The summed E-state index contributed by atoms with van der Waals surface area (Å²) in [6.07, 6.45) is 3.78. The average molecular weight is 295 g/mol. The van der Waals surface area contributed by atoms with E-state index < -0.39 is 0 Å². The number of anilines is 2. The summed E-state index contributed by atoms with van der Waals surface area (Å²) >= 11 is 0. The van der Waals surface area contributed by atoms with Crippen LogP contribution in [0.15, 0.2) is 36.7 Å². The summed E-state index contributed by atoms with van der Waals surface area (Å²) in [4.78, 5) is 10.8. The van der Waals surface area contributed by atoms with Gasteiger partial charge in [0.15, 0.2) is 0 Å². The molecule has 5 nitrogen and oxygen atoms in total. The molecule has 0 aliphatic rings. The third-order valence-corrected chi connectivity index (χ3v) is 3.93. The van der Waals surface area contributed by atoms with Crippen LogP contribution in [-0.4, -0.2) is 28.6 Å². The van der Waals surface area contributed by atoms with E-state index in [2.05, 4.69) is 44.1 Å². The first-order valence-electron chi connectivity index (χ1n) is 7.34. The Morgan fingerprint density at radius 2 is 1.95 bits per heavy atom. The molecule has 0 saturated heterocycles.